The van der Waals surface area contributed by atoms with E-state index in [1.165, 1.54) is 0 Å². The minimum atomic E-state index is 0.476. The van der Waals surface area contributed by atoms with Gasteiger partial charge in [-0.05, 0) is 6.07 Å². The van der Waals surface area contributed by atoms with Crippen LogP contribution in [-0.4, -0.2) is 9.55 Å². The van der Waals surface area contributed by atoms with Crippen LogP contribution in [-0.2, 0) is 7.05 Å². The van der Waals surface area contributed by atoms with Crippen LogP contribution in [0.5, 0.6) is 0 Å². The predicted molar refractivity (Wildman–Crippen MR) is 63.1 cm³/mol. The highest BCUT2D eigenvalue weighted by atomic mass is 35.5. The first-order valence-corrected chi connectivity index (χ1v) is 5.08. The zero-order valence-electron chi connectivity index (χ0n) is 8.04. The summed E-state index contributed by atoms with van der Waals surface area (Å²) in [5.74, 6) is 0.569. The number of nitrogen functional groups attached to an aromatic ring is 1. The first-order valence-electron chi connectivity index (χ1n) is 4.32. The van der Waals surface area contributed by atoms with E-state index < -0.39 is 0 Å². The molecule has 2 rings (SSSR count). The third-order valence-electron chi connectivity index (χ3n) is 2.19. The van der Waals surface area contributed by atoms with Crippen LogP contribution >= 0.6 is 23.2 Å². The molecular weight excluding hydrogens is 233 g/mol. The Morgan fingerprint density at radius 2 is 2.07 bits per heavy atom. The van der Waals surface area contributed by atoms with E-state index in [4.69, 9.17) is 28.9 Å². The molecule has 78 valence electrons. The molecule has 0 atom stereocenters. The largest absolute Gasteiger partial charge is 0.383 e. The molecule has 0 bridgehead atoms. The van der Waals surface area contributed by atoms with Crippen molar-refractivity contribution in [2.24, 2.45) is 7.05 Å². The molecule has 0 aliphatic rings. The third-order valence-corrected chi connectivity index (χ3v) is 3.01. The fourth-order valence-electron chi connectivity index (χ4n) is 1.33. The molecular formula is C10H9Cl2N3. The van der Waals surface area contributed by atoms with Crippen LogP contribution in [0.1, 0.15) is 0 Å². The van der Waals surface area contributed by atoms with Gasteiger partial charge in [0.25, 0.3) is 0 Å². The Morgan fingerprint density at radius 1 is 1.33 bits per heavy atom. The van der Waals surface area contributed by atoms with Crippen molar-refractivity contribution < 1.29 is 0 Å². The fourth-order valence-corrected chi connectivity index (χ4v) is 1.72. The molecule has 0 aliphatic heterocycles. The van der Waals surface area contributed by atoms with Crippen LogP contribution in [0, 0.1) is 0 Å². The summed E-state index contributed by atoms with van der Waals surface area (Å²) in [7, 11) is 1.82. The van der Waals surface area contributed by atoms with Gasteiger partial charge in [-0.25, -0.2) is 4.98 Å². The first-order chi connectivity index (χ1) is 7.11. The molecule has 0 saturated heterocycles. The van der Waals surface area contributed by atoms with Crippen LogP contribution in [0.4, 0.5) is 5.82 Å². The lowest BCUT2D eigenvalue weighted by molar-refractivity contribution is 0.925. The van der Waals surface area contributed by atoms with E-state index in [9.17, 15) is 0 Å². The second-order valence-electron chi connectivity index (χ2n) is 3.19. The first kappa shape index (κ1) is 10.3. The molecule has 5 heteroatoms. The molecule has 0 fully saturated rings. The van der Waals surface area contributed by atoms with Gasteiger partial charge < -0.3 is 10.3 Å². The monoisotopic (exact) mass is 241 g/mol. The number of hydrogen-bond donors (Lipinski definition) is 1. The molecule has 0 radical (unpaired) electrons. The number of benzene rings is 1. The summed E-state index contributed by atoms with van der Waals surface area (Å²) in [6, 6.07) is 5.39. The van der Waals surface area contributed by atoms with Gasteiger partial charge in [0.05, 0.1) is 16.4 Å². The molecule has 0 aliphatic carbocycles. The molecule has 2 N–H and O–H groups in total. The van der Waals surface area contributed by atoms with Crippen LogP contribution in [0.3, 0.4) is 0 Å². The van der Waals surface area contributed by atoms with E-state index >= 15 is 0 Å². The van der Waals surface area contributed by atoms with E-state index in [2.05, 4.69) is 4.98 Å². The number of rotatable bonds is 1. The van der Waals surface area contributed by atoms with Gasteiger partial charge in [0.2, 0.25) is 0 Å². The van der Waals surface area contributed by atoms with Gasteiger partial charge >= 0.3 is 0 Å². The molecule has 15 heavy (non-hydrogen) atoms. The molecule has 1 heterocycles. The zero-order valence-corrected chi connectivity index (χ0v) is 9.55. The standard InChI is InChI=1S/C10H9Cl2N3/c1-15-5-14-9(10(15)13)6-3-2-4-7(11)8(6)12/h2-5H,13H2,1H3. The maximum atomic E-state index is 6.07. The van der Waals surface area contributed by atoms with Crippen molar-refractivity contribution in [1.29, 1.82) is 0 Å². The van der Waals surface area contributed by atoms with Crippen molar-refractivity contribution in [3.05, 3.63) is 34.6 Å². The Labute approximate surface area is 97.4 Å². The van der Waals surface area contributed by atoms with Gasteiger partial charge in [-0.2, -0.15) is 0 Å². The maximum Gasteiger partial charge on any atom is 0.131 e. The summed E-state index contributed by atoms with van der Waals surface area (Å²) in [6.07, 6.45) is 1.64. The van der Waals surface area contributed by atoms with Gasteiger partial charge in [0.1, 0.15) is 11.5 Å². The van der Waals surface area contributed by atoms with Gasteiger partial charge in [-0.3, -0.25) is 0 Å². The summed E-state index contributed by atoms with van der Waals surface area (Å²) < 4.78 is 1.73. The van der Waals surface area contributed by atoms with Crippen molar-refractivity contribution in [2.45, 2.75) is 0 Å². The summed E-state index contributed by atoms with van der Waals surface area (Å²) >= 11 is 12.0. The van der Waals surface area contributed by atoms with Gasteiger partial charge in [0.15, 0.2) is 0 Å². The predicted octanol–water partition coefficient (Wildman–Crippen LogP) is 2.98. The van der Waals surface area contributed by atoms with Crippen molar-refractivity contribution in [1.82, 2.24) is 9.55 Å². The van der Waals surface area contributed by atoms with Crippen molar-refractivity contribution >= 4 is 29.0 Å². The minimum Gasteiger partial charge on any atom is -0.383 e. The SMILES string of the molecule is Cn1cnc(-c2cccc(Cl)c2Cl)c1N. The van der Waals surface area contributed by atoms with Crippen molar-refractivity contribution in [2.75, 3.05) is 5.73 Å². The summed E-state index contributed by atoms with van der Waals surface area (Å²) in [4.78, 5) is 4.18. The Balaban J connectivity index is 2.64. The Kier molecular flexibility index (Phi) is 2.59. The lowest BCUT2D eigenvalue weighted by Crippen LogP contribution is -1.96. The highest BCUT2D eigenvalue weighted by Gasteiger charge is 2.12. The number of nitrogens with zero attached hydrogens (tertiary/aromatic N) is 2. The highest BCUT2D eigenvalue weighted by Crippen LogP contribution is 2.34. The molecule has 3 nitrogen and oxygen atoms in total. The van der Waals surface area contributed by atoms with Crippen LogP contribution in [0.25, 0.3) is 11.3 Å². The Bertz CT molecular complexity index is 505. The van der Waals surface area contributed by atoms with Crippen molar-refractivity contribution in [3.63, 3.8) is 0 Å². The van der Waals surface area contributed by atoms with E-state index in [1.54, 1.807) is 17.0 Å². The number of aryl methyl sites for hydroxylation is 1. The second kappa shape index (κ2) is 3.76. The highest BCUT2D eigenvalue weighted by molar-refractivity contribution is 6.43. The summed E-state index contributed by atoms with van der Waals surface area (Å²) in [6.45, 7) is 0. The van der Waals surface area contributed by atoms with Crippen LogP contribution < -0.4 is 5.73 Å². The molecule has 1 aromatic heterocycles. The third kappa shape index (κ3) is 1.68. The van der Waals surface area contributed by atoms with Gasteiger partial charge in [-0.1, -0.05) is 35.3 Å². The Morgan fingerprint density at radius 3 is 2.67 bits per heavy atom. The number of halogens is 2. The van der Waals surface area contributed by atoms with Gasteiger partial charge in [-0.15, -0.1) is 0 Å². The maximum absolute atomic E-state index is 6.07. The topological polar surface area (TPSA) is 43.8 Å². The average molecular weight is 242 g/mol. The molecule has 0 saturated carbocycles. The number of hydrogen-bond acceptors (Lipinski definition) is 2. The van der Waals surface area contributed by atoms with Gasteiger partial charge in [0, 0.05) is 12.6 Å². The number of imidazole rings is 1. The van der Waals surface area contributed by atoms with E-state index in [0.717, 1.165) is 5.56 Å². The normalized spacial score (nSPS) is 10.6. The molecule has 0 amide bonds. The average Bonchev–Trinajstić information content (AvgIpc) is 2.53. The van der Waals surface area contributed by atoms with Crippen molar-refractivity contribution in [3.8, 4) is 11.3 Å². The summed E-state index contributed by atoms with van der Waals surface area (Å²) in [5.41, 5.74) is 7.26. The van der Waals surface area contributed by atoms with Crippen LogP contribution in [0.2, 0.25) is 10.0 Å². The second-order valence-corrected chi connectivity index (χ2v) is 3.98. The lowest BCUT2D eigenvalue weighted by atomic mass is 10.1. The smallest absolute Gasteiger partial charge is 0.131 e. The zero-order chi connectivity index (χ0) is 11.0. The fraction of sp³-hybridized carbons (Fsp3) is 0.100. The number of anilines is 1. The molecule has 0 spiro atoms. The minimum absolute atomic E-state index is 0.476. The molecule has 2 aromatic rings. The molecule has 0 unspecified atom stereocenters. The quantitative estimate of drug-likeness (QED) is 0.835. The summed E-state index contributed by atoms with van der Waals surface area (Å²) in [5, 5.41) is 0.976. The van der Waals surface area contributed by atoms with E-state index in [-0.39, 0.29) is 0 Å². The molecule has 1 aromatic carbocycles. The number of aromatic nitrogens is 2. The number of nitrogens with two attached hydrogens (primary N) is 1. The van der Waals surface area contributed by atoms with Crippen LogP contribution in [0.15, 0.2) is 24.5 Å². The van der Waals surface area contributed by atoms with E-state index in [0.29, 0.717) is 21.6 Å². The lowest BCUT2D eigenvalue weighted by Gasteiger charge is -2.04. The Hall–Kier alpha value is -1.19. The van der Waals surface area contributed by atoms with E-state index in [1.807, 2.05) is 19.2 Å².